The molecule has 0 bridgehead atoms. The molecule has 0 aliphatic heterocycles. The van der Waals surface area contributed by atoms with Crippen LogP contribution in [-0.2, 0) is 11.2 Å². The third-order valence-corrected chi connectivity index (χ3v) is 4.84. The smallest absolute Gasteiger partial charge is 0.225 e. The van der Waals surface area contributed by atoms with E-state index in [0.717, 1.165) is 17.3 Å². The lowest BCUT2D eigenvalue weighted by Gasteiger charge is -2.21. The van der Waals surface area contributed by atoms with Crippen molar-refractivity contribution in [3.8, 4) is 11.1 Å². The average Bonchev–Trinajstić information content (AvgIpc) is 2.75. The van der Waals surface area contributed by atoms with Crippen molar-refractivity contribution in [1.29, 1.82) is 0 Å². The summed E-state index contributed by atoms with van der Waals surface area (Å²) in [6.45, 7) is 2.15. The van der Waals surface area contributed by atoms with Gasteiger partial charge in [-0.05, 0) is 35.2 Å². The van der Waals surface area contributed by atoms with Gasteiger partial charge in [0.05, 0.1) is 5.52 Å². The first kappa shape index (κ1) is 17.9. The van der Waals surface area contributed by atoms with Crippen molar-refractivity contribution >= 4 is 22.6 Å². The van der Waals surface area contributed by atoms with Gasteiger partial charge in [0.1, 0.15) is 12.1 Å². The summed E-state index contributed by atoms with van der Waals surface area (Å²) in [5.74, 6) is 0.642. The summed E-state index contributed by atoms with van der Waals surface area (Å²) in [7, 11) is 0. The summed E-state index contributed by atoms with van der Waals surface area (Å²) < 4.78 is 0. The highest BCUT2D eigenvalue weighted by molar-refractivity contribution is 5.99. The molecule has 0 radical (unpaired) electrons. The lowest BCUT2D eigenvalue weighted by molar-refractivity contribution is -0.116. The quantitative estimate of drug-likeness (QED) is 0.504. The molecule has 0 spiro atoms. The summed E-state index contributed by atoms with van der Waals surface area (Å²) in [4.78, 5) is 22.7. The highest BCUT2D eigenvalue weighted by Gasteiger charge is 2.16. The highest BCUT2D eigenvalue weighted by atomic mass is 16.2. The van der Waals surface area contributed by atoms with Crippen LogP contribution in [0, 0.1) is 0 Å². The number of para-hydroxylation sites is 1. The minimum Gasteiger partial charge on any atom is -0.296 e. The van der Waals surface area contributed by atoms with Crippen LogP contribution < -0.4 is 4.90 Å². The molecule has 28 heavy (non-hydrogen) atoms. The van der Waals surface area contributed by atoms with Crippen molar-refractivity contribution in [3.63, 3.8) is 0 Å². The number of hydrogen-bond donors (Lipinski definition) is 0. The van der Waals surface area contributed by atoms with Crippen LogP contribution in [0.2, 0.25) is 0 Å². The molecule has 4 nitrogen and oxygen atoms in total. The van der Waals surface area contributed by atoms with Gasteiger partial charge < -0.3 is 0 Å². The van der Waals surface area contributed by atoms with Gasteiger partial charge in [-0.2, -0.15) is 0 Å². The fourth-order valence-electron chi connectivity index (χ4n) is 3.35. The Morgan fingerprint density at radius 2 is 1.50 bits per heavy atom. The van der Waals surface area contributed by atoms with E-state index in [9.17, 15) is 4.79 Å². The molecule has 0 aliphatic carbocycles. The maximum absolute atomic E-state index is 12.3. The van der Waals surface area contributed by atoms with Crippen LogP contribution in [-0.4, -0.2) is 22.4 Å². The topological polar surface area (TPSA) is 46.1 Å². The largest absolute Gasteiger partial charge is 0.296 e. The van der Waals surface area contributed by atoms with Crippen molar-refractivity contribution < 1.29 is 4.79 Å². The first-order chi connectivity index (χ1) is 13.7. The summed E-state index contributed by atoms with van der Waals surface area (Å²) in [5.41, 5.74) is 4.41. The van der Waals surface area contributed by atoms with Crippen LogP contribution in [0.4, 0.5) is 5.82 Å². The predicted octanol–water partition coefficient (Wildman–Crippen LogP) is 4.89. The number of carbonyl (C=O) groups is 1. The van der Waals surface area contributed by atoms with E-state index in [4.69, 9.17) is 0 Å². The predicted molar refractivity (Wildman–Crippen MR) is 113 cm³/mol. The van der Waals surface area contributed by atoms with Gasteiger partial charge in [-0.15, -0.1) is 0 Å². The zero-order valence-electron chi connectivity index (χ0n) is 15.7. The molecule has 0 N–H and O–H groups in total. The molecule has 0 atom stereocenters. The van der Waals surface area contributed by atoms with E-state index < -0.39 is 0 Å². The summed E-state index contributed by atoms with van der Waals surface area (Å²) in [6, 6.07) is 26.6. The zero-order valence-corrected chi connectivity index (χ0v) is 15.7. The monoisotopic (exact) mass is 367 g/mol. The normalized spacial score (nSPS) is 10.8. The Hall–Kier alpha value is -3.53. The summed E-state index contributed by atoms with van der Waals surface area (Å²) in [5, 5.41) is 0.889. The van der Waals surface area contributed by atoms with Gasteiger partial charge in [-0.3, -0.25) is 9.69 Å². The van der Waals surface area contributed by atoms with Crippen molar-refractivity contribution in [1.82, 2.24) is 9.97 Å². The Kier molecular flexibility index (Phi) is 5.11. The Labute approximate surface area is 164 Å². The van der Waals surface area contributed by atoms with E-state index in [1.54, 1.807) is 11.8 Å². The molecule has 138 valence electrons. The number of amides is 1. The van der Waals surface area contributed by atoms with Crippen LogP contribution in [0.25, 0.3) is 22.0 Å². The fraction of sp³-hybridized carbons (Fsp3) is 0.125. The van der Waals surface area contributed by atoms with Gasteiger partial charge in [0.25, 0.3) is 0 Å². The molecular formula is C24H21N3O. The Balaban J connectivity index is 1.54. The number of anilines is 1. The van der Waals surface area contributed by atoms with E-state index in [-0.39, 0.29) is 5.91 Å². The second kappa shape index (κ2) is 8.01. The van der Waals surface area contributed by atoms with Gasteiger partial charge in [0, 0.05) is 18.9 Å². The molecule has 1 amide bonds. The van der Waals surface area contributed by atoms with E-state index in [1.807, 2.05) is 42.5 Å². The number of nitrogens with zero attached hydrogens (tertiary/aromatic N) is 3. The number of benzene rings is 3. The van der Waals surface area contributed by atoms with Crippen LogP contribution >= 0.6 is 0 Å². The average molecular weight is 367 g/mol. The second-order valence-electron chi connectivity index (χ2n) is 6.70. The van der Waals surface area contributed by atoms with Crippen LogP contribution in [0.3, 0.4) is 0 Å². The first-order valence-electron chi connectivity index (χ1n) is 9.34. The summed E-state index contributed by atoms with van der Waals surface area (Å²) in [6.07, 6.45) is 2.27. The molecule has 1 aromatic heterocycles. The molecule has 0 saturated heterocycles. The van der Waals surface area contributed by atoms with Gasteiger partial charge in [-0.25, -0.2) is 9.97 Å². The molecule has 1 heterocycles. The minimum absolute atomic E-state index is 0.0234. The van der Waals surface area contributed by atoms with Crippen LogP contribution in [0.1, 0.15) is 12.5 Å². The Morgan fingerprint density at radius 3 is 2.25 bits per heavy atom. The molecular weight excluding hydrogens is 346 g/mol. The van der Waals surface area contributed by atoms with Crippen molar-refractivity contribution in [3.05, 3.63) is 90.8 Å². The molecule has 4 rings (SSSR count). The zero-order chi connectivity index (χ0) is 19.3. The van der Waals surface area contributed by atoms with E-state index in [1.165, 1.54) is 23.0 Å². The number of rotatable bonds is 5. The number of carbonyl (C=O) groups excluding carboxylic acids is 1. The molecule has 0 unspecified atom stereocenters. The van der Waals surface area contributed by atoms with Crippen LogP contribution in [0.5, 0.6) is 0 Å². The molecule has 0 aliphatic rings. The fourth-order valence-corrected chi connectivity index (χ4v) is 3.35. The molecule has 0 fully saturated rings. The summed E-state index contributed by atoms with van der Waals surface area (Å²) >= 11 is 0. The maximum Gasteiger partial charge on any atom is 0.225 e. The van der Waals surface area contributed by atoms with Gasteiger partial charge in [-0.1, -0.05) is 66.7 Å². The third kappa shape index (κ3) is 3.76. The third-order valence-electron chi connectivity index (χ3n) is 4.84. The highest BCUT2D eigenvalue weighted by Crippen LogP contribution is 2.24. The lowest BCUT2D eigenvalue weighted by Crippen LogP contribution is -2.31. The molecule has 4 heteroatoms. The van der Waals surface area contributed by atoms with E-state index >= 15 is 0 Å². The molecule has 4 aromatic rings. The molecule has 0 saturated carbocycles. The van der Waals surface area contributed by atoms with Gasteiger partial charge in [0.2, 0.25) is 5.91 Å². The number of aromatic nitrogens is 2. The van der Waals surface area contributed by atoms with Crippen molar-refractivity contribution in [2.75, 3.05) is 11.4 Å². The minimum atomic E-state index is -0.0234. The number of fused-ring (bicyclic) bond motifs is 1. The lowest BCUT2D eigenvalue weighted by atomic mass is 10.0. The van der Waals surface area contributed by atoms with Gasteiger partial charge in [0.15, 0.2) is 0 Å². The van der Waals surface area contributed by atoms with Gasteiger partial charge >= 0.3 is 0 Å². The second-order valence-corrected chi connectivity index (χ2v) is 6.70. The number of hydrogen-bond acceptors (Lipinski definition) is 3. The Morgan fingerprint density at radius 1 is 0.821 bits per heavy atom. The standard InChI is InChI=1S/C24H21N3O/c1-18(28)27(24-22-9-5-6-10-23(22)25-17-26-24)16-15-19-11-13-21(14-12-19)20-7-3-2-4-8-20/h2-14,17H,15-16H2,1H3. The van der Waals surface area contributed by atoms with E-state index in [0.29, 0.717) is 12.4 Å². The molecule has 3 aromatic carbocycles. The first-order valence-corrected chi connectivity index (χ1v) is 9.34. The SMILES string of the molecule is CC(=O)N(CCc1ccc(-c2ccccc2)cc1)c1ncnc2ccccc12. The van der Waals surface area contributed by atoms with E-state index in [2.05, 4.69) is 46.4 Å². The van der Waals surface area contributed by atoms with Crippen molar-refractivity contribution in [2.45, 2.75) is 13.3 Å². The van der Waals surface area contributed by atoms with Crippen LogP contribution in [0.15, 0.2) is 85.2 Å². The maximum atomic E-state index is 12.3. The Bertz CT molecular complexity index is 1090. The van der Waals surface area contributed by atoms with Crippen molar-refractivity contribution in [2.24, 2.45) is 0 Å².